The maximum absolute atomic E-state index is 12.7. The van der Waals surface area contributed by atoms with E-state index in [1.54, 1.807) is 0 Å². The van der Waals surface area contributed by atoms with Crippen molar-refractivity contribution in [2.75, 3.05) is 13.2 Å². The molecule has 0 N–H and O–H groups in total. The minimum Gasteiger partial charge on any atom is -0.462 e. The number of rotatable bonds is 16. The number of unbranched alkanes of at least 4 members (excludes halogenated alkanes) is 6. The summed E-state index contributed by atoms with van der Waals surface area (Å²) < 4.78 is 42.5. The first-order valence-electron chi connectivity index (χ1n) is 13.5. The molecule has 0 atom stereocenters. The summed E-state index contributed by atoms with van der Waals surface area (Å²) in [5.74, 6) is -0.574. The van der Waals surface area contributed by atoms with Gasteiger partial charge in [-0.1, -0.05) is 84.7 Å². The van der Waals surface area contributed by atoms with Gasteiger partial charge in [-0.05, 0) is 43.2 Å². The molecule has 0 heterocycles. The van der Waals surface area contributed by atoms with Crippen LogP contribution in [-0.2, 0) is 9.47 Å². The lowest BCUT2D eigenvalue weighted by Gasteiger charge is -2.10. The highest BCUT2D eigenvalue weighted by atomic mass is 16.5. The minimum absolute atomic E-state index is 0.125. The van der Waals surface area contributed by atoms with Crippen LogP contribution in [-0.4, -0.2) is 25.2 Å². The normalized spacial score (nSPS) is 13.0. The van der Waals surface area contributed by atoms with Crippen LogP contribution in [0.2, 0.25) is 0 Å². The molecule has 30 heavy (non-hydrogen) atoms. The number of carbonyl (C=O) groups is 2. The topological polar surface area (TPSA) is 52.6 Å². The van der Waals surface area contributed by atoms with Gasteiger partial charge in [-0.2, -0.15) is 0 Å². The van der Waals surface area contributed by atoms with Crippen LogP contribution in [0.4, 0.5) is 0 Å². The van der Waals surface area contributed by atoms with E-state index in [0.717, 1.165) is 38.0 Å². The highest BCUT2D eigenvalue weighted by Crippen LogP contribution is 2.14. The maximum Gasteiger partial charge on any atom is 0.339 e. The van der Waals surface area contributed by atoms with Gasteiger partial charge >= 0.3 is 11.9 Å². The van der Waals surface area contributed by atoms with Crippen molar-refractivity contribution in [3.05, 3.63) is 35.3 Å². The number of ether oxygens (including phenoxy) is 2. The fourth-order valence-electron chi connectivity index (χ4n) is 3.11. The molecule has 1 rings (SSSR count). The molecule has 0 aliphatic carbocycles. The van der Waals surface area contributed by atoms with Gasteiger partial charge in [-0.25, -0.2) is 9.59 Å². The quantitative estimate of drug-likeness (QED) is 0.208. The molecular formula is C26H42O4. The lowest BCUT2D eigenvalue weighted by molar-refractivity contribution is 0.0450. The first kappa shape index (κ1) is 20.1. The number of benzene rings is 1. The third-order valence-corrected chi connectivity index (χ3v) is 4.91. The molecule has 0 aliphatic heterocycles. The summed E-state index contributed by atoms with van der Waals surface area (Å²) in [7, 11) is 0. The zero-order valence-electron chi connectivity index (χ0n) is 23.3. The van der Waals surface area contributed by atoms with E-state index in [1.807, 2.05) is 0 Å². The van der Waals surface area contributed by atoms with Crippen molar-refractivity contribution in [2.45, 2.75) is 91.9 Å². The Bertz CT molecular complexity index is 794. The van der Waals surface area contributed by atoms with E-state index >= 15 is 0 Å². The van der Waals surface area contributed by atoms with Crippen molar-refractivity contribution in [1.29, 1.82) is 0 Å². The molecule has 0 radical (unpaired) electrons. The fraction of sp³-hybridized carbons (Fsp3) is 0.692. The molecule has 1 aromatic rings. The maximum atomic E-state index is 12.7. The summed E-state index contributed by atoms with van der Waals surface area (Å²) in [5, 5.41) is 0. The first-order chi connectivity index (χ1) is 16.1. The van der Waals surface area contributed by atoms with Crippen molar-refractivity contribution in [2.24, 2.45) is 11.8 Å². The molecule has 0 bridgehead atoms. The van der Waals surface area contributed by atoms with E-state index < -0.39 is 47.2 Å². The number of hydrogen-bond donors (Lipinski definition) is 0. The van der Waals surface area contributed by atoms with Gasteiger partial charge in [-0.3, -0.25) is 0 Å². The standard InChI is InChI=1S/C26H42O4/c1-21(2)15-9-7-5-6-8-13-19-29-25(27)23-17-10-11-18-24(23)26(28)30-20-14-12-16-22(3)4/h10-11,17-18,21-22H,5-9,12-16,19-20H2,1-4H3/i10D,11D,17D,18D. The average molecular weight is 423 g/mol. The molecule has 0 spiro atoms. The van der Waals surface area contributed by atoms with E-state index in [0.29, 0.717) is 18.8 Å². The van der Waals surface area contributed by atoms with E-state index in [2.05, 4.69) is 27.7 Å². The van der Waals surface area contributed by atoms with E-state index in [9.17, 15) is 9.59 Å². The van der Waals surface area contributed by atoms with Crippen LogP contribution in [0, 0.1) is 11.8 Å². The molecule has 170 valence electrons. The lowest BCUT2D eigenvalue weighted by Crippen LogP contribution is -2.15. The lowest BCUT2D eigenvalue weighted by atomic mass is 10.0. The van der Waals surface area contributed by atoms with Crippen LogP contribution in [0.25, 0.3) is 0 Å². The largest absolute Gasteiger partial charge is 0.462 e. The van der Waals surface area contributed by atoms with Crippen LogP contribution >= 0.6 is 0 Å². The van der Waals surface area contributed by atoms with Gasteiger partial charge in [-0.15, -0.1) is 0 Å². The number of hydrogen-bond acceptors (Lipinski definition) is 4. The van der Waals surface area contributed by atoms with E-state index in [-0.39, 0.29) is 13.2 Å². The summed E-state index contributed by atoms with van der Waals surface area (Å²) in [4.78, 5) is 25.4. The molecule has 0 saturated carbocycles. The predicted molar refractivity (Wildman–Crippen MR) is 123 cm³/mol. The zero-order chi connectivity index (χ0) is 25.7. The van der Waals surface area contributed by atoms with Gasteiger partial charge in [0.1, 0.15) is 0 Å². The molecule has 0 saturated heterocycles. The van der Waals surface area contributed by atoms with Crippen LogP contribution in [0.3, 0.4) is 0 Å². The Kier molecular flexibility index (Phi) is 10.7. The van der Waals surface area contributed by atoms with Gasteiger partial charge in [0.15, 0.2) is 0 Å². The van der Waals surface area contributed by atoms with Gasteiger partial charge in [0.25, 0.3) is 0 Å². The van der Waals surface area contributed by atoms with Crippen molar-refractivity contribution in [1.82, 2.24) is 0 Å². The summed E-state index contributed by atoms with van der Waals surface area (Å²) in [6.07, 6.45) is 9.95. The van der Waals surface area contributed by atoms with Gasteiger partial charge in [0.2, 0.25) is 0 Å². The average Bonchev–Trinajstić information content (AvgIpc) is 2.77. The van der Waals surface area contributed by atoms with Gasteiger partial charge in [0.05, 0.1) is 29.8 Å². The second kappa shape index (κ2) is 15.9. The summed E-state index contributed by atoms with van der Waals surface area (Å²) in [5.41, 5.74) is -0.906. The Hall–Kier alpha value is -1.84. The molecule has 1 aromatic carbocycles. The molecule has 0 aliphatic rings. The molecule has 4 nitrogen and oxygen atoms in total. The smallest absolute Gasteiger partial charge is 0.339 e. The van der Waals surface area contributed by atoms with Gasteiger partial charge < -0.3 is 9.47 Å². The van der Waals surface area contributed by atoms with E-state index in [1.165, 1.54) is 19.3 Å². The summed E-state index contributed by atoms with van der Waals surface area (Å²) in [6.45, 7) is 8.93. The van der Waals surface area contributed by atoms with Crippen LogP contribution < -0.4 is 0 Å². The zero-order valence-corrected chi connectivity index (χ0v) is 19.3. The Morgan fingerprint density at radius 1 is 0.700 bits per heavy atom. The van der Waals surface area contributed by atoms with Crippen LogP contribution in [0.5, 0.6) is 0 Å². The minimum atomic E-state index is -0.926. The highest BCUT2D eigenvalue weighted by molar-refractivity contribution is 6.03. The van der Waals surface area contributed by atoms with Crippen molar-refractivity contribution >= 4 is 11.9 Å². The third kappa shape index (κ3) is 12.0. The van der Waals surface area contributed by atoms with Crippen molar-refractivity contribution in [3.63, 3.8) is 0 Å². The number of carbonyl (C=O) groups excluding carboxylic acids is 2. The molecular weight excluding hydrogens is 376 g/mol. The summed E-state index contributed by atoms with van der Waals surface area (Å²) >= 11 is 0. The molecule has 0 unspecified atom stereocenters. The first-order valence-corrected chi connectivity index (χ1v) is 11.5. The molecule has 4 heteroatoms. The van der Waals surface area contributed by atoms with Crippen LogP contribution in [0.15, 0.2) is 24.2 Å². The Morgan fingerprint density at radius 2 is 1.07 bits per heavy atom. The Morgan fingerprint density at radius 3 is 1.53 bits per heavy atom. The molecule has 0 aromatic heterocycles. The fourth-order valence-corrected chi connectivity index (χ4v) is 3.11. The van der Waals surface area contributed by atoms with Crippen molar-refractivity contribution < 1.29 is 24.5 Å². The Labute approximate surface area is 189 Å². The molecule has 0 amide bonds. The monoisotopic (exact) mass is 422 g/mol. The third-order valence-electron chi connectivity index (χ3n) is 4.91. The van der Waals surface area contributed by atoms with Crippen molar-refractivity contribution in [3.8, 4) is 0 Å². The second-order valence-corrected chi connectivity index (χ2v) is 8.72. The SMILES string of the molecule is [2H]c1c([2H])c([2H])c(C(=O)OCCCCC(C)C)c(C(=O)OCCCCCCCCC(C)C)c1[2H]. The van der Waals surface area contributed by atoms with Gasteiger partial charge in [0, 0.05) is 0 Å². The summed E-state index contributed by atoms with van der Waals surface area (Å²) in [6, 6.07) is -2.32. The predicted octanol–water partition coefficient (Wildman–Crippen LogP) is 7.21. The molecule has 0 fully saturated rings. The highest BCUT2D eigenvalue weighted by Gasteiger charge is 2.18. The second-order valence-electron chi connectivity index (χ2n) is 8.72. The number of esters is 2. The van der Waals surface area contributed by atoms with E-state index in [4.69, 9.17) is 15.0 Å². The Balaban J connectivity index is 2.70. The van der Waals surface area contributed by atoms with Crippen LogP contribution in [0.1, 0.15) is 118 Å².